The highest BCUT2D eigenvalue weighted by Crippen LogP contribution is 2.34. The third kappa shape index (κ3) is 3.66. The van der Waals surface area contributed by atoms with E-state index < -0.39 is 0 Å². The molecule has 4 heteroatoms. The van der Waals surface area contributed by atoms with Gasteiger partial charge >= 0.3 is 0 Å². The lowest BCUT2D eigenvalue weighted by Crippen LogP contribution is -2.35. The van der Waals surface area contributed by atoms with Crippen molar-refractivity contribution in [1.82, 2.24) is 10.3 Å². The summed E-state index contributed by atoms with van der Waals surface area (Å²) in [6.45, 7) is 2.99. The van der Waals surface area contributed by atoms with Crippen LogP contribution in [0, 0.1) is 5.41 Å². The van der Waals surface area contributed by atoms with E-state index in [4.69, 9.17) is 11.6 Å². The van der Waals surface area contributed by atoms with E-state index in [1.807, 2.05) is 18.2 Å². The Bertz CT molecular complexity index is 706. The van der Waals surface area contributed by atoms with Crippen LogP contribution >= 0.6 is 11.6 Å². The molecule has 1 aromatic heterocycles. The summed E-state index contributed by atoms with van der Waals surface area (Å²) in [6.07, 6.45) is 9.21. The quantitative estimate of drug-likeness (QED) is 0.806. The topological polar surface area (TPSA) is 42.0 Å². The average Bonchev–Trinajstić information content (AvgIpc) is 2.78. The number of pyridine rings is 1. The molecule has 3 nitrogen and oxygen atoms in total. The van der Waals surface area contributed by atoms with E-state index in [0.29, 0.717) is 17.1 Å². The predicted molar refractivity (Wildman–Crippen MR) is 94.9 cm³/mol. The molecule has 2 aromatic rings. The molecule has 0 atom stereocenters. The van der Waals surface area contributed by atoms with Crippen molar-refractivity contribution in [2.24, 2.45) is 5.41 Å². The van der Waals surface area contributed by atoms with Crippen LogP contribution in [0.4, 0.5) is 0 Å². The summed E-state index contributed by atoms with van der Waals surface area (Å²) in [6, 6.07) is 7.33. The number of halogens is 1. The molecule has 1 heterocycles. The molecule has 0 radical (unpaired) electrons. The molecule has 3 rings (SSSR count). The van der Waals surface area contributed by atoms with E-state index in [2.05, 4.69) is 17.2 Å². The number of aromatic nitrogens is 1. The molecule has 0 unspecified atom stereocenters. The maximum absolute atomic E-state index is 12.7. The first-order chi connectivity index (χ1) is 11.1. The lowest BCUT2D eigenvalue weighted by atomic mass is 9.82. The zero-order chi connectivity index (χ0) is 16.3. The lowest BCUT2D eigenvalue weighted by molar-refractivity contribution is 0.0930. The molecule has 0 aliphatic heterocycles. The van der Waals surface area contributed by atoms with E-state index in [9.17, 15) is 4.79 Å². The zero-order valence-corrected chi connectivity index (χ0v) is 14.3. The Kier molecular flexibility index (Phi) is 4.86. The third-order valence-electron chi connectivity index (χ3n) is 4.95. The molecule has 0 spiro atoms. The number of rotatable bonds is 3. The smallest absolute Gasteiger partial charge is 0.253 e. The summed E-state index contributed by atoms with van der Waals surface area (Å²) in [4.78, 5) is 17.0. The van der Waals surface area contributed by atoms with Gasteiger partial charge < -0.3 is 5.32 Å². The van der Waals surface area contributed by atoms with Gasteiger partial charge in [0.05, 0.1) is 16.1 Å². The lowest BCUT2D eigenvalue weighted by Gasteiger charge is -2.28. The molecule has 122 valence electrons. The number of hydrogen-bond donors (Lipinski definition) is 1. The second kappa shape index (κ2) is 6.88. The number of hydrogen-bond acceptors (Lipinski definition) is 2. The molecule has 1 aromatic carbocycles. The summed E-state index contributed by atoms with van der Waals surface area (Å²) < 4.78 is 0. The molecular formula is C19H23ClN2O. The van der Waals surface area contributed by atoms with Crippen LogP contribution in [0.5, 0.6) is 0 Å². The van der Waals surface area contributed by atoms with Gasteiger partial charge in [-0.25, -0.2) is 0 Å². The number of nitrogens with one attached hydrogen (secondary N) is 1. The second-order valence-electron chi connectivity index (χ2n) is 6.90. The van der Waals surface area contributed by atoms with Crippen LogP contribution in [-0.2, 0) is 0 Å². The second-order valence-corrected chi connectivity index (χ2v) is 7.31. The standard InChI is InChI=1S/C19H23ClN2O/c1-19(10-4-2-3-5-11-19)13-22-18(23)17-14-7-6-12-21-16(14)9-8-15(17)20/h6-9,12H,2-5,10-11,13H2,1H3,(H,22,23). The summed E-state index contributed by atoms with van der Waals surface area (Å²) in [7, 11) is 0. The minimum absolute atomic E-state index is 0.0981. The van der Waals surface area contributed by atoms with E-state index >= 15 is 0 Å². The van der Waals surface area contributed by atoms with Gasteiger partial charge in [0.25, 0.3) is 5.91 Å². The van der Waals surface area contributed by atoms with Crippen molar-refractivity contribution < 1.29 is 4.79 Å². The van der Waals surface area contributed by atoms with Crippen LogP contribution in [0.2, 0.25) is 5.02 Å². The highest BCUT2D eigenvalue weighted by molar-refractivity contribution is 6.35. The first-order valence-corrected chi connectivity index (χ1v) is 8.78. The van der Waals surface area contributed by atoms with Crippen molar-refractivity contribution in [3.8, 4) is 0 Å². The maximum Gasteiger partial charge on any atom is 0.253 e. The fourth-order valence-electron chi connectivity index (χ4n) is 3.50. The van der Waals surface area contributed by atoms with Gasteiger partial charge in [-0.15, -0.1) is 0 Å². The van der Waals surface area contributed by atoms with Crippen molar-refractivity contribution in [3.63, 3.8) is 0 Å². The Morgan fingerprint density at radius 3 is 2.70 bits per heavy atom. The minimum atomic E-state index is -0.0981. The predicted octanol–water partition coefficient (Wildman–Crippen LogP) is 4.98. The van der Waals surface area contributed by atoms with Gasteiger partial charge in [0.2, 0.25) is 0 Å². The van der Waals surface area contributed by atoms with Crippen LogP contribution in [0.15, 0.2) is 30.5 Å². The van der Waals surface area contributed by atoms with E-state index in [1.165, 1.54) is 38.5 Å². The Hall–Kier alpha value is -1.61. The number of nitrogens with zero attached hydrogens (tertiary/aromatic N) is 1. The number of benzene rings is 1. The van der Waals surface area contributed by atoms with E-state index in [1.54, 1.807) is 12.3 Å². The normalized spacial score (nSPS) is 17.7. The highest BCUT2D eigenvalue weighted by Gasteiger charge is 2.26. The van der Waals surface area contributed by atoms with Crippen molar-refractivity contribution in [2.75, 3.05) is 6.54 Å². The van der Waals surface area contributed by atoms with Gasteiger partial charge in [-0.3, -0.25) is 9.78 Å². The van der Waals surface area contributed by atoms with Crippen LogP contribution < -0.4 is 5.32 Å². The summed E-state index contributed by atoms with van der Waals surface area (Å²) in [5.74, 6) is -0.0981. The number of fused-ring (bicyclic) bond motifs is 1. The Morgan fingerprint density at radius 2 is 1.96 bits per heavy atom. The summed E-state index contributed by atoms with van der Waals surface area (Å²) >= 11 is 6.29. The molecule has 1 fully saturated rings. The highest BCUT2D eigenvalue weighted by atomic mass is 35.5. The van der Waals surface area contributed by atoms with Crippen LogP contribution in [0.1, 0.15) is 55.8 Å². The molecule has 1 saturated carbocycles. The van der Waals surface area contributed by atoms with Gasteiger partial charge in [-0.2, -0.15) is 0 Å². The fraction of sp³-hybridized carbons (Fsp3) is 0.474. The summed E-state index contributed by atoms with van der Waals surface area (Å²) in [5.41, 5.74) is 1.53. The number of amides is 1. The number of carbonyl (C=O) groups is 1. The van der Waals surface area contributed by atoms with Crippen molar-refractivity contribution in [1.29, 1.82) is 0 Å². The first-order valence-electron chi connectivity index (χ1n) is 8.41. The van der Waals surface area contributed by atoms with Crippen LogP contribution in [0.25, 0.3) is 10.9 Å². The van der Waals surface area contributed by atoms with Gasteiger partial charge in [0.1, 0.15) is 0 Å². The van der Waals surface area contributed by atoms with Gasteiger partial charge in [-0.1, -0.05) is 50.3 Å². The molecule has 1 amide bonds. The Morgan fingerprint density at radius 1 is 1.22 bits per heavy atom. The van der Waals surface area contributed by atoms with Crippen LogP contribution in [-0.4, -0.2) is 17.4 Å². The van der Waals surface area contributed by atoms with Crippen LogP contribution in [0.3, 0.4) is 0 Å². The Balaban J connectivity index is 1.79. The molecule has 23 heavy (non-hydrogen) atoms. The fourth-order valence-corrected chi connectivity index (χ4v) is 3.75. The molecule has 0 saturated heterocycles. The molecule has 1 aliphatic carbocycles. The zero-order valence-electron chi connectivity index (χ0n) is 13.6. The largest absolute Gasteiger partial charge is 0.351 e. The molecule has 1 aliphatic rings. The Labute approximate surface area is 142 Å². The third-order valence-corrected chi connectivity index (χ3v) is 5.26. The minimum Gasteiger partial charge on any atom is -0.351 e. The monoisotopic (exact) mass is 330 g/mol. The maximum atomic E-state index is 12.7. The molecule has 1 N–H and O–H groups in total. The molecule has 0 bridgehead atoms. The van der Waals surface area contributed by atoms with Crippen molar-refractivity contribution in [3.05, 3.63) is 41.0 Å². The SMILES string of the molecule is CC1(CNC(=O)c2c(Cl)ccc3ncccc23)CCCCCC1. The van der Waals surface area contributed by atoms with Crippen molar-refractivity contribution >= 4 is 28.4 Å². The van der Waals surface area contributed by atoms with Gasteiger partial charge in [0.15, 0.2) is 0 Å². The first kappa shape index (κ1) is 16.3. The average molecular weight is 331 g/mol. The van der Waals surface area contributed by atoms with E-state index in [0.717, 1.165) is 10.9 Å². The van der Waals surface area contributed by atoms with Gasteiger partial charge in [-0.05, 0) is 36.5 Å². The number of carbonyl (C=O) groups excluding carboxylic acids is 1. The molecular weight excluding hydrogens is 308 g/mol. The van der Waals surface area contributed by atoms with E-state index in [-0.39, 0.29) is 11.3 Å². The summed E-state index contributed by atoms with van der Waals surface area (Å²) in [5, 5.41) is 4.41. The van der Waals surface area contributed by atoms with Crippen molar-refractivity contribution in [2.45, 2.75) is 45.4 Å². The van der Waals surface area contributed by atoms with Gasteiger partial charge in [0, 0.05) is 18.1 Å².